The van der Waals surface area contributed by atoms with Crippen LogP contribution >= 0.6 is 22.9 Å². The van der Waals surface area contributed by atoms with Crippen LogP contribution in [0.1, 0.15) is 5.56 Å². The fraction of sp³-hybridized carbons (Fsp3) is 0.0714. The molecule has 21 heavy (non-hydrogen) atoms. The molecule has 3 rings (SSSR count). The molecule has 106 valence electrons. The number of aromatic nitrogens is 1. The molecule has 0 saturated heterocycles. The topological polar surface area (TPSA) is 68.1 Å². The predicted octanol–water partition coefficient (Wildman–Crippen LogP) is 4.47. The molecule has 0 aliphatic heterocycles. The Morgan fingerprint density at radius 2 is 2.24 bits per heavy atom. The number of nitrogens with one attached hydrogen (secondary N) is 1. The van der Waals surface area contributed by atoms with Gasteiger partial charge in [0.25, 0.3) is 0 Å². The maximum Gasteiger partial charge on any atom is 0.324 e. The minimum atomic E-state index is -0.384. The molecule has 0 aliphatic carbocycles. The summed E-state index contributed by atoms with van der Waals surface area (Å²) in [6.45, 7) is 0.482. The predicted molar refractivity (Wildman–Crippen MR) is 85.1 cm³/mol. The van der Waals surface area contributed by atoms with Crippen molar-refractivity contribution in [2.75, 3.05) is 5.32 Å². The Morgan fingerprint density at radius 3 is 3.00 bits per heavy atom. The van der Waals surface area contributed by atoms with Crippen molar-refractivity contribution in [2.24, 2.45) is 0 Å². The molecule has 0 radical (unpaired) electrons. The van der Waals surface area contributed by atoms with Gasteiger partial charge < -0.3 is 5.32 Å². The zero-order chi connectivity index (χ0) is 14.8. The van der Waals surface area contributed by atoms with Crippen molar-refractivity contribution in [3.63, 3.8) is 0 Å². The van der Waals surface area contributed by atoms with Gasteiger partial charge in [0.05, 0.1) is 16.1 Å². The lowest BCUT2D eigenvalue weighted by atomic mass is 10.2. The Bertz CT molecular complexity index is 819. The lowest BCUT2D eigenvalue weighted by Crippen LogP contribution is -1.99. The number of anilines is 1. The van der Waals surface area contributed by atoms with Gasteiger partial charge in [-0.3, -0.25) is 15.1 Å². The van der Waals surface area contributed by atoms with E-state index in [1.54, 1.807) is 23.7 Å². The van der Waals surface area contributed by atoms with Gasteiger partial charge in [-0.05, 0) is 23.8 Å². The van der Waals surface area contributed by atoms with Crippen molar-refractivity contribution in [1.29, 1.82) is 0 Å². The molecule has 0 fully saturated rings. The number of nitro groups is 1. The molecule has 3 aromatic rings. The monoisotopic (exact) mass is 319 g/mol. The highest BCUT2D eigenvalue weighted by molar-refractivity contribution is 7.13. The summed E-state index contributed by atoms with van der Waals surface area (Å²) in [4.78, 5) is 14.6. The van der Waals surface area contributed by atoms with Crippen molar-refractivity contribution in [3.8, 4) is 0 Å². The molecule has 0 unspecified atom stereocenters. The van der Waals surface area contributed by atoms with E-state index in [1.807, 2.05) is 18.2 Å². The molecule has 7 heteroatoms. The van der Waals surface area contributed by atoms with Gasteiger partial charge in [-0.25, -0.2) is 0 Å². The van der Waals surface area contributed by atoms with E-state index < -0.39 is 0 Å². The van der Waals surface area contributed by atoms with Crippen LogP contribution in [0.15, 0.2) is 41.9 Å². The van der Waals surface area contributed by atoms with Crippen LogP contribution in [0.3, 0.4) is 0 Å². The molecule has 2 heterocycles. The van der Waals surface area contributed by atoms with Crippen molar-refractivity contribution in [1.82, 2.24) is 4.98 Å². The molecule has 0 spiro atoms. The summed E-state index contributed by atoms with van der Waals surface area (Å²) in [6, 6.07) is 9.01. The maximum absolute atomic E-state index is 10.7. The van der Waals surface area contributed by atoms with Crippen LogP contribution < -0.4 is 5.32 Å². The van der Waals surface area contributed by atoms with Crippen molar-refractivity contribution in [3.05, 3.63) is 62.6 Å². The highest BCUT2D eigenvalue weighted by Crippen LogP contribution is 2.28. The molecule has 0 amide bonds. The third-order valence-electron chi connectivity index (χ3n) is 2.97. The van der Waals surface area contributed by atoms with Gasteiger partial charge in [0, 0.05) is 34.6 Å². The van der Waals surface area contributed by atoms with E-state index in [0.29, 0.717) is 11.6 Å². The van der Waals surface area contributed by atoms with E-state index in [0.717, 1.165) is 33.5 Å². The Morgan fingerprint density at radius 1 is 1.38 bits per heavy atom. The first-order chi connectivity index (χ1) is 10.1. The summed E-state index contributed by atoms with van der Waals surface area (Å²) >= 11 is 7.22. The number of pyridine rings is 1. The van der Waals surface area contributed by atoms with Crippen LogP contribution in [0.2, 0.25) is 5.02 Å². The highest BCUT2D eigenvalue weighted by Gasteiger charge is 2.10. The molecule has 5 nitrogen and oxygen atoms in total. The van der Waals surface area contributed by atoms with Gasteiger partial charge >= 0.3 is 5.00 Å². The van der Waals surface area contributed by atoms with Crippen molar-refractivity contribution in [2.45, 2.75) is 6.54 Å². The molecular formula is C14H10ClN3O2S. The van der Waals surface area contributed by atoms with E-state index in [-0.39, 0.29) is 9.92 Å². The summed E-state index contributed by atoms with van der Waals surface area (Å²) in [7, 11) is 0. The zero-order valence-corrected chi connectivity index (χ0v) is 12.3. The molecule has 1 aromatic carbocycles. The number of thiophene rings is 1. The number of hydrogen-bond donors (Lipinski definition) is 1. The lowest BCUT2D eigenvalue weighted by Gasteiger charge is -2.09. The summed E-state index contributed by atoms with van der Waals surface area (Å²) in [5, 5.41) is 17.4. The standard InChI is InChI=1S/C14H10ClN3O2S/c15-11-5-10-2-1-3-16-14(10)12(6-11)17-7-9-4-13(18(19)20)21-8-9/h1-6,8,17H,7H2. The van der Waals surface area contributed by atoms with Crippen LogP contribution in [-0.2, 0) is 6.54 Å². The minimum absolute atomic E-state index is 0.140. The Kier molecular flexibility index (Phi) is 3.72. The summed E-state index contributed by atoms with van der Waals surface area (Å²) < 4.78 is 0. The summed E-state index contributed by atoms with van der Waals surface area (Å²) in [5.41, 5.74) is 2.49. The highest BCUT2D eigenvalue weighted by atomic mass is 35.5. The first-order valence-electron chi connectivity index (χ1n) is 6.13. The maximum atomic E-state index is 10.7. The minimum Gasteiger partial charge on any atom is -0.379 e. The van der Waals surface area contributed by atoms with Crippen LogP contribution in [-0.4, -0.2) is 9.91 Å². The van der Waals surface area contributed by atoms with Gasteiger partial charge in [0.15, 0.2) is 0 Å². The Balaban J connectivity index is 1.86. The van der Waals surface area contributed by atoms with Crippen molar-refractivity contribution < 1.29 is 4.92 Å². The molecule has 0 bridgehead atoms. The SMILES string of the molecule is O=[N+]([O-])c1cc(CNc2cc(Cl)cc3cccnc23)cs1. The van der Waals surface area contributed by atoms with Gasteiger partial charge in [-0.15, -0.1) is 0 Å². The van der Waals surface area contributed by atoms with Gasteiger partial charge in [-0.1, -0.05) is 29.0 Å². The van der Waals surface area contributed by atoms with E-state index >= 15 is 0 Å². The number of halogens is 1. The molecular weight excluding hydrogens is 310 g/mol. The number of nitrogens with zero attached hydrogens (tertiary/aromatic N) is 2. The number of benzene rings is 1. The summed E-state index contributed by atoms with van der Waals surface area (Å²) in [6.07, 6.45) is 1.72. The van der Waals surface area contributed by atoms with Crippen LogP contribution in [0, 0.1) is 10.1 Å². The second-order valence-corrected chi connectivity index (χ2v) is 5.76. The van der Waals surface area contributed by atoms with E-state index in [2.05, 4.69) is 10.3 Å². The lowest BCUT2D eigenvalue weighted by molar-refractivity contribution is -0.380. The molecule has 2 aromatic heterocycles. The normalized spacial score (nSPS) is 10.7. The molecule has 1 N–H and O–H groups in total. The largest absolute Gasteiger partial charge is 0.379 e. The average Bonchev–Trinajstić information content (AvgIpc) is 2.93. The zero-order valence-electron chi connectivity index (χ0n) is 10.7. The second-order valence-electron chi connectivity index (χ2n) is 4.43. The third kappa shape index (κ3) is 2.96. The van der Waals surface area contributed by atoms with Gasteiger partial charge in [0.1, 0.15) is 0 Å². The number of fused-ring (bicyclic) bond motifs is 1. The first kappa shape index (κ1) is 13.8. The average molecular weight is 320 g/mol. The smallest absolute Gasteiger partial charge is 0.324 e. The molecule has 0 saturated carbocycles. The quantitative estimate of drug-likeness (QED) is 0.569. The Hall–Kier alpha value is -2.18. The molecule has 0 atom stereocenters. The van der Waals surface area contributed by atoms with Crippen LogP contribution in [0.5, 0.6) is 0 Å². The fourth-order valence-corrected chi connectivity index (χ4v) is 2.99. The van der Waals surface area contributed by atoms with E-state index in [1.165, 1.54) is 0 Å². The van der Waals surface area contributed by atoms with Crippen LogP contribution in [0.25, 0.3) is 10.9 Å². The number of rotatable bonds is 4. The summed E-state index contributed by atoms with van der Waals surface area (Å²) in [5.74, 6) is 0. The fourth-order valence-electron chi connectivity index (χ4n) is 2.04. The molecule has 0 aliphatic rings. The van der Waals surface area contributed by atoms with Gasteiger partial charge in [-0.2, -0.15) is 0 Å². The van der Waals surface area contributed by atoms with Gasteiger partial charge in [0.2, 0.25) is 0 Å². The van der Waals surface area contributed by atoms with Crippen LogP contribution in [0.4, 0.5) is 10.7 Å². The first-order valence-corrected chi connectivity index (χ1v) is 7.39. The van der Waals surface area contributed by atoms with E-state index in [9.17, 15) is 10.1 Å². The van der Waals surface area contributed by atoms with Crippen molar-refractivity contribution >= 4 is 44.5 Å². The van der Waals surface area contributed by atoms with E-state index in [4.69, 9.17) is 11.6 Å². The Labute approximate surface area is 129 Å². The number of hydrogen-bond acceptors (Lipinski definition) is 5. The second kappa shape index (κ2) is 5.67. The third-order valence-corrected chi connectivity index (χ3v) is 4.12.